The third-order valence-corrected chi connectivity index (χ3v) is 29.2. The highest BCUT2D eigenvalue weighted by atomic mass is 35.5. The van der Waals surface area contributed by atoms with Gasteiger partial charge in [0.15, 0.2) is 0 Å². The number of benzene rings is 6. The minimum absolute atomic E-state index is 0.00592. The van der Waals surface area contributed by atoms with Crippen LogP contribution in [-0.2, 0) is 0 Å². The molecule has 6 aromatic heterocycles. The zero-order chi connectivity index (χ0) is 108. The van der Waals surface area contributed by atoms with E-state index in [0.29, 0.717) is 93.9 Å². The molecule has 6 saturated carbocycles. The molecule has 12 aromatic rings. The summed E-state index contributed by atoms with van der Waals surface area (Å²) in [6, 6.07) is 8.29. The lowest BCUT2D eigenvalue weighted by atomic mass is 9.99. The summed E-state index contributed by atoms with van der Waals surface area (Å²) in [5, 5.41) is 69.5. The van der Waals surface area contributed by atoms with Crippen molar-refractivity contribution in [1.29, 1.82) is 0 Å². The number of rotatable bonds is 24. The molecule has 10 N–H and O–H groups in total. The molecule has 2 unspecified atom stereocenters. The molecule has 30 nitrogen and oxygen atoms in total. The first-order valence-electron chi connectivity index (χ1n) is 49.2. The van der Waals surface area contributed by atoms with E-state index in [4.69, 9.17) is 69.6 Å². The van der Waals surface area contributed by atoms with Gasteiger partial charge in [0.05, 0.1) is 118 Å². The number of halogens is 12. The number of nitrogens with zero attached hydrogens (tertiary/aromatic N) is 8. The molecule has 0 spiro atoms. The smallest absolute Gasteiger partial charge is 0.341 e. The van der Waals surface area contributed by atoms with Crippen molar-refractivity contribution in [3.63, 3.8) is 0 Å². The zero-order valence-electron chi connectivity index (χ0n) is 82.8. The van der Waals surface area contributed by atoms with Gasteiger partial charge in [-0.1, -0.05) is 131 Å². The summed E-state index contributed by atoms with van der Waals surface area (Å²) in [5.41, 5.74) is -2.34. The first kappa shape index (κ1) is 110. The lowest BCUT2D eigenvalue weighted by molar-refractivity contribution is 0.0684. The molecule has 148 heavy (non-hydrogen) atoms. The fraction of sp³-hybridized carbons (Fsp3) is 0.434. The third-order valence-electron chi connectivity index (χ3n) is 26.9. The van der Waals surface area contributed by atoms with Gasteiger partial charge >= 0.3 is 35.8 Å². The third kappa shape index (κ3) is 22.8. The van der Waals surface area contributed by atoms with E-state index in [-0.39, 0.29) is 179 Å². The molecule has 6 aliphatic carbocycles. The molecular formula is C106H112Cl6F6N12O18. The van der Waals surface area contributed by atoms with Gasteiger partial charge in [0, 0.05) is 147 Å². The first-order valence-corrected chi connectivity index (χ1v) is 51.4. The molecule has 2 atom stereocenters. The van der Waals surface area contributed by atoms with E-state index >= 15 is 8.78 Å². The quantitative estimate of drug-likeness (QED) is 0.0251. The molecule has 0 radical (unpaired) electrons. The standard InChI is InChI=1S/C22H27ClFN3O3.C20H23ClFN3O3.2C16H16ClFN2O3.2C16H15ClFNO3/c1-12(2)25-13-5-3-4-8-26(10-13)20-17(24)9-15-19(18(20)23)27(14-6-7-14)11-16(21(15)28)22(29)30;1-10(2)23-11-5-6-24(8-11)18-15(22)7-13-17(16(18)21)25(12-3-4-12)9-14(19(13)26)20(27)28;2*1-7(2)19-13-11(18)5-9-14(12(13)17)20(8-3-4-8)6-10(15(9)21)16(22)23;2*1-7(2)12-11(18)5-9-14(13(12)17)19(8-3-4-8)6-10(15(9)20)16(21)22/h9,11-14,25H,3-8,10H2,1-2H3,(H,29,30);7,9-12,23H,3-6,8H2,1-2H3,(H,27,28);2*5-8,19H,3-4H2,1-2H3,(H,22,23);2*5-8H,3-4H2,1-2H3,(H,21,22). The summed E-state index contributed by atoms with van der Waals surface area (Å²) in [5.74, 6) is -11.9. The van der Waals surface area contributed by atoms with Crippen LogP contribution in [0.5, 0.6) is 0 Å². The lowest BCUT2D eigenvalue weighted by Crippen LogP contribution is -2.43. The molecule has 20 rings (SSSR count). The van der Waals surface area contributed by atoms with Crippen molar-refractivity contribution < 1.29 is 85.7 Å². The number of nitrogens with one attached hydrogen (secondary N) is 4. The topological polar surface area (TPSA) is 410 Å². The van der Waals surface area contributed by atoms with Crippen LogP contribution in [0.25, 0.3) is 65.4 Å². The number of carboxylic acids is 6. The molecule has 2 saturated heterocycles. The molecule has 0 amide bonds. The van der Waals surface area contributed by atoms with Gasteiger partial charge in [-0.25, -0.2) is 55.1 Å². The summed E-state index contributed by atoms with van der Waals surface area (Å²) in [7, 11) is 0. The number of aromatic nitrogens is 6. The Kier molecular flexibility index (Phi) is 32.8. The SMILES string of the molecule is CC(C)NC1CCCCN(c2c(F)cc3c(=O)c(C(=O)O)cn(C4CC4)c3c2Cl)C1.CC(C)NC1CCN(c2c(F)cc3c(=O)c(C(=O)O)cn(C4CC4)c3c2Cl)C1.CC(C)Nc1c(F)cc2c(=O)c(C(=O)O)cn(C3CC3)c2c1Cl.CC(C)Nc1c(F)cc2c(=O)c(C(=O)O)cn(C3CC3)c2c1Cl.CC(C)c1c(F)cc2c(=O)c(C(=O)O)cn(C3CC3)c2c1Cl.CC(C)c1c(F)cc2c(=O)c(C(=O)O)cn(C3CC3)c2c1Cl. The zero-order valence-corrected chi connectivity index (χ0v) is 87.4. The normalized spacial score (nSPS) is 16.7. The van der Waals surface area contributed by atoms with Crippen LogP contribution in [0.3, 0.4) is 0 Å². The molecular weight excluding hydrogens is 2060 g/mol. The molecule has 8 heterocycles. The molecule has 0 bridgehead atoms. The maximum absolute atomic E-state index is 15.3. The predicted molar refractivity (Wildman–Crippen MR) is 563 cm³/mol. The minimum atomic E-state index is -1.33. The Balaban J connectivity index is 0.000000134. The second-order valence-corrected chi connectivity index (χ2v) is 43.0. The predicted octanol–water partition coefficient (Wildman–Crippen LogP) is 22.8. The van der Waals surface area contributed by atoms with Gasteiger partial charge in [-0.15, -0.1) is 0 Å². The number of fused-ring (bicyclic) bond motifs is 6. The molecule has 8 aliphatic rings. The van der Waals surface area contributed by atoms with Gasteiger partial charge in [-0.2, -0.15) is 0 Å². The highest BCUT2D eigenvalue weighted by Gasteiger charge is 2.40. The summed E-state index contributed by atoms with van der Waals surface area (Å²) in [6.07, 6.45) is 22.4. The second kappa shape index (κ2) is 44.2. The van der Waals surface area contributed by atoms with Gasteiger partial charge in [-0.05, 0) is 172 Å². The number of anilines is 4. The molecule has 2 aliphatic heterocycles. The van der Waals surface area contributed by atoms with E-state index in [9.17, 15) is 106 Å². The van der Waals surface area contributed by atoms with Crippen molar-refractivity contribution in [2.45, 2.75) is 270 Å². The Labute approximate surface area is 873 Å². The van der Waals surface area contributed by atoms with Crippen LogP contribution < -0.4 is 63.6 Å². The average Bonchev–Trinajstić information content (AvgIpc) is 1.74. The van der Waals surface area contributed by atoms with Gasteiger partial charge in [0.2, 0.25) is 32.6 Å². The van der Waals surface area contributed by atoms with Crippen LogP contribution in [0.1, 0.15) is 307 Å². The highest BCUT2D eigenvalue weighted by Crippen LogP contribution is 2.50. The summed E-state index contributed by atoms with van der Waals surface area (Å²) < 4.78 is 98.0. The van der Waals surface area contributed by atoms with Crippen LogP contribution in [0, 0.1) is 34.9 Å². The van der Waals surface area contributed by atoms with Crippen LogP contribution in [-0.4, -0.2) is 156 Å². The van der Waals surface area contributed by atoms with Crippen molar-refractivity contribution in [2.24, 2.45) is 0 Å². The molecule has 8 fully saturated rings. The molecule has 42 heteroatoms. The Morgan fingerprint density at radius 1 is 0.291 bits per heavy atom. The van der Waals surface area contributed by atoms with Crippen LogP contribution in [0.4, 0.5) is 49.1 Å². The highest BCUT2D eigenvalue weighted by molar-refractivity contribution is 6.40. The van der Waals surface area contributed by atoms with Crippen LogP contribution >= 0.6 is 69.6 Å². The average molecular weight is 2170 g/mol. The number of hydrogen-bond acceptors (Lipinski definition) is 18. The number of aromatic carboxylic acids is 6. The van der Waals surface area contributed by atoms with Crippen molar-refractivity contribution in [3.8, 4) is 0 Å². The summed E-state index contributed by atoms with van der Waals surface area (Å²) in [6.45, 7) is 25.6. The second-order valence-electron chi connectivity index (χ2n) is 40.7. The Hall–Kier alpha value is -12.2. The molecule has 788 valence electrons. The van der Waals surface area contributed by atoms with Crippen molar-refractivity contribution >= 4 is 194 Å². The fourth-order valence-electron chi connectivity index (χ4n) is 19.4. The van der Waals surface area contributed by atoms with Crippen molar-refractivity contribution in [2.75, 3.05) is 46.6 Å². The Bertz CT molecular complexity index is 7570. The number of carbonyl (C=O) groups is 6. The fourth-order valence-corrected chi connectivity index (χ4v) is 21.9. The van der Waals surface area contributed by atoms with Crippen molar-refractivity contribution in [3.05, 3.63) is 244 Å². The van der Waals surface area contributed by atoms with E-state index in [1.165, 1.54) is 43.2 Å². The van der Waals surface area contributed by atoms with Crippen molar-refractivity contribution in [1.82, 2.24) is 38.0 Å². The number of carboxylic acid groups (broad SMARTS) is 6. The van der Waals surface area contributed by atoms with E-state index in [0.717, 1.165) is 133 Å². The van der Waals surface area contributed by atoms with E-state index in [2.05, 4.69) is 49.0 Å². The minimum Gasteiger partial charge on any atom is -0.477 e. The van der Waals surface area contributed by atoms with Crippen LogP contribution in [0.15, 0.2) is 102 Å². The van der Waals surface area contributed by atoms with E-state index in [1.807, 2.05) is 65.2 Å². The first-order chi connectivity index (χ1) is 69.8. The van der Waals surface area contributed by atoms with Gasteiger partial charge in [0.25, 0.3) is 0 Å². The largest absolute Gasteiger partial charge is 0.477 e. The monoisotopic (exact) mass is 2160 g/mol. The summed E-state index contributed by atoms with van der Waals surface area (Å²) >= 11 is 38.9. The number of pyridine rings is 6. The Morgan fingerprint density at radius 3 is 0.743 bits per heavy atom. The van der Waals surface area contributed by atoms with Gasteiger partial charge < -0.3 is 89.1 Å². The Morgan fingerprint density at radius 2 is 0.514 bits per heavy atom. The van der Waals surface area contributed by atoms with Gasteiger partial charge in [0.1, 0.15) is 68.3 Å². The van der Waals surface area contributed by atoms with E-state index < -0.39 is 103 Å². The van der Waals surface area contributed by atoms with E-state index in [1.54, 1.807) is 27.4 Å². The molecule has 6 aromatic carbocycles. The number of hydrogen-bond donors (Lipinski definition) is 10. The maximum atomic E-state index is 15.3. The van der Waals surface area contributed by atoms with Crippen LogP contribution in [0.2, 0.25) is 30.1 Å². The van der Waals surface area contributed by atoms with Gasteiger partial charge in [-0.3, -0.25) is 28.8 Å². The maximum Gasteiger partial charge on any atom is 0.341 e. The summed E-state index contributed by atoms with van der Waals surface area (Å²) in [4.78, 5) is 147. The lowest BCUT2D eigenvalue weighted by Gasteiger charge is -2.30.